The number of hydrogen-bond acceptors (Lipinski definition) is 5. The van der Waals surface area contributed by atoms with Crippen LogP contribution in [-0.2, 0) is 17.6 Å². The molecule has 2 aliphatic rings. The van der Waals surface area contributed by atoms with Gasteiger partial charge < -0.3 is 24.8 Å². The Labute approximate surface area is 219 Å². The fourth-order valence-electron chi connectivity index (χ4n) is 6.41. The first-order chi connectivity index (χ1) is 17.5. The topological polar surface area (TPSA) is 79.2 Å². The van der Waals surface area contributed by atoms with Gasteiger partial charge in [-0.3, -0.25) is 0 Å². The van der Waals surface area contributed by atoms with E-state index < -0.39 is 6.29 Å². The minimum atomic E-state index is -0.908. The molecule has 0 aliphatic heterocycles. The molecular formula is C31H52O5. The predicted octanol–water partition coefficient (Wildman–Crippen LogP) is 6.19. The third-order valence-corrected chi connectivity index (χ3v) is 8.51. The van der Waals surface area contributed by atoms with Gasteiger partial charge >= 0.3 is 0 Å². The Morgan fingerprint density at radius 2 is 1.67 bits per heavy atom. The van der Waals surface area contributed by atoms with Crippen LogP contribution in [0.15, 0.2) is 18.2 Å². The molecule has 1 saturated carbocycles. The molecule has 1 aromatic rings. The van der Waals surface area contributed by atoms with E-state index in [9.17, 15) is 15.3 Å². The lowest BCUT2D eigenvalue weighted by Crippen LogP contribution is -2.28. The number of unbranched alkanes of at least 4 members (excludes halogenated alkanes) is 7. The first-order valence-electron chi connectivity index (χ1n) is 14.9. The number of hydrogen-bond donors (Lipinski definition) is 3. The van der Waals surface area contributed by atoms with E-state index in [4.69, 9.17) is 9.47 Å². The summed E-state index contributed by atoms with van der Waals surface area (Å²) in [7, 11) is 0. The van der Waals surface area contributed by atoms with Crippen molar-refractivity contribution in [2.75, 3.05) is 13.2 Å². The van der Waals surface area contributed by atoms with Gasteiger partial charge in [0, 0.05) is 6.61 Å². The second-order valence-electron chi connectivity index (χ2n) is 11.3. The Morgan fingerprint density at radius 3 is 2.47 bits per heavy atom. The smallest absolute Gasteiger partial charge is 0.189 e. The van der Waals surface area contributed by atoms with Crippen LogP contribution in [-0.4, -0.2) is 47.0 Å². The van der Waals surface area contributed by atoms with Crippen molar-refractivity contribution >= 4 is 0 Å². The van der Waals surface area contributed by atoms with E-state index in [1.165, 1.54) is 49.7 Å². The van der Waals surface area contributed by atoms with Gasteiger partial charge in [0.25, 0.3) is 0 Å². The minimum Gasteiger partial charge on any atom is -0.488 e. The number of aliphatic hydroxyl groups excluding tert-OH is 3. The fourth-order valence-corrected chi connectivity index (χ4v) is 6.41. The molecule has 0 spiro atoms. The lowest BCUT2D eigenvalue weighted by Gasteiger charge is -2.32. The standard InChI is InChI=1S/C31H52O5/c1-3-5-7-8-9-11-18-35-31(34)22-36-30-15-12-13-23-19-27-24(20-28(23)30)21-29(33)26(27)17-16-25(32)14-10-6-4-2/h12-13,15,24-27,29,31-34H,3-11,14,16-22H2,1-2H3/t24-,25-,26+,27-,29+,31?/m0/s1. The molecule has 5 nitrogen and oxygen atoms in total. The summed E-state index contributed by atoms with van der Waals surface area (Å²) in [6.07, 6.45) is 14.5. The Balaban J connectivity index is 1.46. The maximum atomic E-state index is 10.9. The molecule has 2 aliphatic carbocycles. The van der Waals surface area contributed by atoms with Crippen molar-refractivity contribution in [1.82, 2.24) is 0 Å². The number of rotatable bonds is 18. The Kier molecular flexibility index (Phi) is 13.0. The summed E-state index contributed by atoms with van der Waals surface area (Å²) in [6.45, 7) is 5.12. The summed E-state index contributed by atoms with van der Waals surface area (Å²) in [6, 6.07) is 6.22. The van der Waals surface area contributed by atoms with Crippen molar-refractivity contribution in [2.24, 2.45) is 17.8 Å². The van der Waals surface area contributed by atoms with Crippen molar-refractivity contribution in [3.8, 4) is 5.75 Å². The zero-order valence-electron chi connectivity index (χ0n) is 22.9. The Bertz CT molecular complexity index is 738. The van der Waals surface area contributed by atoms with Crippen molar-refractivity contribution in [3.05, 3.63) is 29.3 Å². The van der Waals surface area contributed by atoms with Crippen molar-refractivity contribution < 1.29 is 24.8 Å². The molecule has 1 unspecified atom stereocenters. The second-order valence-corrected chi connectivity index (χ2v) is 11.3. The molecular weight excluding hydrogens is 452 g/mol. The van der Waals surface area contributed by atoms with Gasteiger partial charge in [0.1, 0.15) is 12.4 Å². The van der Waals surface area contributed by atoms with Crippen LogP contribution in [0.4, 0.5) is 0 Å². The minimum absolute atomic E-state index is 0.140. The van der Waals surface area contributed by atoms with Crippen molar-refractivity contribution in [2.45, 2.75) is 129 Å². The molecule has 0 radical (unpaired) electrons. The van der Waals surface area contributed by atoms with Crippen LogP contribution in [0.2, 0.25) is 0 Å². The maximum absolute atomic E-state index is 10.9. The van der Waals surface area contributed by atoms with Crippen LogP contribution >= 0.6 is 0 Å². The monoisotopic (exact) mass is 504 g/mol. The molecule has 1 aromatic carbocycles. The van der Waals surface area contributed by atoms with Gasteiger partial charge in [-0.25, -0.2) is 0 Å². The van der Waals surface area contributed by atoms with Gasteiger partial charge in [-0.05, 0) is 79.9 Å². The Hall–Kier alpha value is -1.14. The Morgan fingerprint density at radius 1 is 0.917 bits per heavy atom. The highest BCUT2D eigenvalue weighted by molar-refractivity contribution is 5.43. The van der Waals surface area contributed by atoms with Crippen molar-refractivity contribution in [3.63, 3.8) is 0 Å². The van der Waals surface area contributed by atoms with Crippen LogP contribution < -0.4 is 4.74 Å². The molecule has 6 atom stereocenters. The van der Waals surface area contributed by atoms with Crippen LogP contribution in [0.3, 0.4) is 0 Å². The molecule has 0 bridgehead atoms. The molecule has 1 fully saturated rings. The van der Waals surface area contributed by atoms with Crippen LogP contribution in [0.5, 0.6) is 5.75 Å². The first kappa shape index (κ1) is 29.4. The van der Waals surface area contributed by atoms with E-state index in [2.05, 4.69) is 19.9 Å². The number of benzene rings is 1. The average Bonchev–Trinajstić information content (AvgIpc) is 3.18. The first-order valence-corrected chi connectivity index (χ1v) is 14.9. The highest BCUT2D eigenvalue weighted by Gasteiger charge is 2.44. The summed E-state index contributed by atoms with van der Waals surface area (Å²) >= 11 is 0. The molecule has 3 N–H and O–H groups in total. The maximum Gasteiger partial charge on any atom is 0.189 e. The third kappa shape index (κ3) is 9.01. The van der Waals surface area contributed by atoms with Gasteiger partial charge in [-0.1, -0.05) is 77.3 Å². The van der Waals surface area contributed by atoms with Crippen molar-refractivity contribution in [1.29, 1.82) is 0 Å². The normalized spacial score (nSPS) is 24.8. The molecule has 36 heavy (non-hydrogen) atoms. The van der Waals surface area contributed by atoms with Gasteiger partial charge in [0.05, 0.1) is 12.2 Å². The van der Waals surface area contributed by atoms with Crippen LogP contribution in [0.1, 0.15) is 108 Å². The van der Waals surface area contributed by atoms with Crippen LogP contribution in [0, 0.1) is 17.8 Å². The summed E-state index contributed by atoms with van der Waals surface area (Å²) in [5, 5.41) is 31.5. The van der Waals surface area contributed by atoms with Gasteiger partial charge in [0.2, 0.25) is 0 Å². The molecule has 0 saturated heterocycles. The van der Waals surface area contributed by atoms with E-state index in [0.717, 1.165) is 63.5 Å². The van der Waals surface area contributed by atoms with Gasteiger partial charge in [0.15, 0.2) is 6.29 Å². The lowest BCUT2D eigenvalue weighted by molar-refractivity contribution is -0.120. The SMILES string of the molecule is CCCCCCCCOC(O)COc1cccc2c1C[C@H]1C[C@@H](O)[C@H](CC[C@@H](O)CCCCC)[C@H]1C2. The summed E-state index contributed by atoms with van der Waals surface area (Å²) in [5.74, 6) is 2.04. The number of fused-ring (bicyclic) bond motifs is 2. The third-order valence-electron chi connectivity index (χ3n) is 8.51. The molecule has 5 heteroatoms. The molecule has 0 aromatic heterocycles. The van der Waals surface area contributed by atoms with E-state index in [0.29, 0.717) is 18.4 Å². The van der Waals surface area contributed by atoms with Crippen LogP contribution in [0.25, 0.3) is 0 Å². The molecule has 0 heterocycles. The summed E-state index contributed by atoms with van der Waals surface area (Å²) < 4.78 is 11.6. The lowest BCUT2D eigenvalue weighted by atomic mass is 9.73. The molecule has 206 valence electrons. The number of ether oxygens (including phenoxy) is 2. The van der Waals surface area contributed by atoms with E-state index in [1.54, 1.807) is 0 Å². The van der Waals surface area contributed by atoms with Gasteiger partial charge in [-0.2, -0.15) is 0 Å². The predicted molar refractivity (Wildman–Crippen MR) is 145 cm³/mol. The zero-order valence-corrected chi connectivity index (χ0v) is 22.9. The van der Waals surface area contributed by atoms with E-state index in [1.807, 2.05) is 12.1 Å². The highest BCUT2D eigenvalue weighted by atomic mass is 16.6. The highest BCUT2D eigenvalue weighted by Crippen LogP contribution is 2.48. The summed E-state index contributed by atoms with van der Waals surface area (Å²) in [5.41, 5.74) is 2.54. The second kappa shape index (κ2) is 16.0. The van der Waals surface area contributed by atoms with E-state index >= 15 is 0 Å². The quantitative estimate of drug-likeness (QED) is 0.164. The zero-order chi connectivity index (χ0) is 25.8. The molecule has 3 rings (SSSR count). The average molecular weight is 505 g/mol. The number of aliphatic hydroxyl groups is 3. The van der Waals surface area contributed by atoms with E-state index in [-0.39, 0.29) is 24.7 Å². The van der Waals surface area contributed by atoms with Gasteiger partial charge in [-0.15, -0.1) is 0 Å². The molecule has 0 amide bonds. The fraction of sp³-hybridized carbons (Fsp3) is 0.806. The largest absolute Gasteiger partial charge is 0.488 e. The summed E-state index contributed by atoms with van der Waals surface area (Å²) in [4.78, 5) is 0.